The van der Waals surface area contributed by atoms with Gasteiger partial charge in [-0.25, -0.2) is 4.98 Å². The maximum Gasteiger partial charge on any atom is 0.0946 e. The first-order valence-electron chi connectivity index (χ1n) is 6.72. The maximum atomic E-state index is 6.05. The second kappa shape index (κ2) is 5.45. The zero-order valence-electron chi connectivity index (χ0n) is 11.2. The van der Waals surface area contributed by atoms with Gasteiger partial charge in [-0.15, -0.1) is 0 Å². The highest BCUT2D eigenvalue weighted by molar-refractivity contribution is 7.07. The van der Waals surface area contributed by atoms with Crippen LogP contribution in [0.1, 0.15) is 30.1 Å². The third-order valence-electron chi connectivity index (χ3n) is 3.78. The molecule has 2 N–H and O–H groups in total. The van der Waals surface area contributed by atoms with Crippen LogP contribution in [0.15, 0.2) is 29.4 Å². The fraction of sp³-hybridized carbons (Fsp3) is 0.500. The van der Waals surface area contributed by atoms with Gasteiger partial charge < -0.3 is 10.3 Å². The number of rotatable bonds is 6. The van der Waals surface area contributed by atoms with E-state index in [1.807, 2.05) is 19.6 Å². The molecule has 2 aromatic rings. The van der Waals surface area contributed by atoms with Crippen LogP contribution in [0.2, 0.25) is 0 Å². The van der Waals surface area contributed by atoms with Crippen molar-refractivity contribution in [3.05, 3.63) is 40.6 Å². The normalized spacial score (nSPS) is 17.0. The molecule has 1 unspecified atom stereocenters. The molecule has 0 saturated heterocycles. The van der Waals surface area contributed by atoms with Crippen molar-refractivity contribution in [3.8, 4) is 0 Å². The van der Waals surface area contributed by atoms with Crippen LogP contribution < -0.4 is 5.73 Å². The Balaban J connectivity index is 1.83. The van der Waals surface area contributed by atoms with Crippen LogP contribution in [-0.2, 0) is 13.6 Å². The lowest BCUT2D eigenvalue weighted by Gasteiger charge is -2.31. The summed E-state index contributed by atoms with van der Waals surface area (Å²) >= 11 is 1.76. The van der Waals surface area contributed by atoms with Crippen LogP contribution in [-0.4, -0.2) is 27.0 Å². The summed E-state index contributed by atoms with van der Waals surface area (Å²) < 4.78 is 2.08. The number of hydrogen-bond acceptors (Lipinski definition) is 4. The number of aryl methyl sites for hydroxylation is 1. The molecule has 1 atom stereocenters. The predicted molar refractivity (Wildman–Crippen MR) is 77.9 cm³/mol. The Morgan fingerprint density at radius 2 is 2.42 bits per heavy atom. The van der Waals surface area contributed by atoms with Crippen LogP contribution in [0, 0.1) is 0 Å². The van der Waals surface area contributed by atoms with Crippen molar-refractivity contribution in [2.75, 3.05) is 6.54 Å². The molecule has 1 fully saturated rings. The summed E-state index contributed by atoms with van der Waals surface area (Å²) in [5, 5.41) is 4.37. The van der Waals surface area contributed by atoms with Crippen LogP contribution in [0.3, 0.4) is 0 Å². The van der Waals surface area contributed by atoms with Gasteiger partial charge >= 0.3 is 0 Å². The van der Waals surface area contributed by atoms with Gasteiger partial charge in [-0.2, -0.15) is 11.3 Å². The van der Waals surface area contributed by atoms with E-state index in [1.54, 1.807) is 11.3 Å². The number of thiophene rings is 1. The Labute approximate surface area is 117 Å². The standard InChI is InChI=1S/C14H20N4S/c1-17-10-16-7-14(17)13(6-15)18(12-2-3-12)8-11-4-5-19-9-11/h4-5,7,9-10,12-13H,2-3,6,8,15H2,1H3. The Morgan fingerprint density at radius 1 is 1.58 bits per heavy atom. The van der Waals surface area contributed by atoms with Crippen molar-refractivity contribution >= 4 is 11.3 Å². The molecule has 3 rings (SSSR count). The predicted octanol–water partition coefficient (Wildman–Crippen LogP) is 2.15. The third kappa shape index (κ3) is 2.73. The van der Waals surface area contributed by atoms with Crippen LogP contribution in [0.4, 0.5) is 0 Å². The van der Waals surface area contributed by atoms with E-state index in [1.165, 1.54) is 24.1 Å². The third-order valence-corrected chi connectivity index (χ3v) is 4.51. The van der Waals surface area contributed by atoms with E-state index in [9.17, 15) is 0 Å². The fourth-order valence-corrected chi connectivity index (χ4v) is 3.27. The van der Waals surface area contributed by atoms with Crippen molar-refractivity contribution in [1.29, 1.82) is 0 Å². The molecular formula is C14H20N4S. The fourth-order valence-electron chi connectivity index (χ4n) is 2.61. The van der Waals surface area contributed by atoms with E-state index >= 15 is 0 Å². The van der Waals surface area contributed by atoms with Gasteiger partial charge in [0.05, 0.1) is 18.1 Å². The molecule has 1 saturated carbocycles. The van der Waals surface area contributed by atoms with E-state index in [-0.39, 0.29) is 6.04 Å². The minimum atomic E-state index is 0.264. The lowest BCUT2D eigenvalue weighted by atomic mass is 10.1. The van der Waals surface area contributed by atoms with Crippen LogP contribution in [0.5, 0.6) is 0 Å². The van der Waals surface area contributed by atoms with Crippen molar-refractivity contribution < 1.29 is 0 Å². The number of aromatic nitrogens is 2. The quantitative estimate of drug-likeness (QED) is 0.879. The van der Waals surface area contributed by atoms with E-state index in [2.05, 4.69) is 31.3 Å². The average Bonchev–Trinajstić information content (AvgIpc) is 2.97. The zero-order valence-corrected chi connectivity index (χ0v) is 12.0. The summed E-state index contributed by atoms with van der Waals surface area (Å²) in [6, 6.07) is 3.15. The topological polar surface area (TPSA) is 47.1 Å². The number of imidazole rings is 1. The smallest absolute Gasteiger partial charge is 0.0946 e. The van der Waals surface area contributed by atoms with E-state index in [0.29, 0.717) is 12.6 Å². The Hall–Kier alpha value is -1.17. The van der Waals surface area contributed by atoms with E-state index in [4.69, 9.17) is 5.73 Å². The molecule has 4 nitrogen and oxygen atoms in total. The van der Waals surface area contributed by atoms with Crippen LogP contribution >= 0.6 is 11.3 Å². The summed E-state index contributed by atoms with van der Waals surface area (Å²) in [5.74, 6) is 0. The second-order valence-corrected chi connectivity index (χ2v) is 6.00. The molecule has 0 radical (unpaired) electrons. The Bertz CT molecular complexity index is 515. The van der Waals surface area contributed by atoms with Crippen molar-refractivity contribution in [2.24, 2.45) is 12.8 Å². The highest BCUT2D eigenvalue weighted by Crippen LogP contribution is 2.35. The first-order valence-corrected chi connectivity index (χ1v) is 7.67. The van der Waals surface area contributed by atoms with Gasteiger partial charge in [0.2, 0.25) is 0 Å². The number of nitrogens with zero attached hydrogens (tertiary/aromatic N) is 3. The molecule has 1 aliphatic carbocycles. The molecule has 0 bridgehead atoms. The molecular weight excluding hydrogens is 256 g/mol. The van der Waals surface area contributed by atoms with Gasteiger partial charge in [0, 0.05) is 32.4 Å². The highest BCUT2D eigenvalue weighted by atomic mass is 32.1. The SMILES string of the molecule is Cn1cncc1C(CN)N(Cc1ccsc1)C1CC1. The molecule has 0 spiro atoms. The summed E-state index contributed by atoms with van der Waals surface area (Å²) in [4.78, 5) is 6.77. The van der Waals surface area contributed by atoms with Gasteiger partial charge in [-0.1, -0.05) is 0 Å². The average molecular weight is 276 g/mol. The molecule has 2 aromatic heterocycles. The summed E-state index contributed by atoms with van der Waals surface area (Å²) in [5.41, 5.74) is 8.65. The molecule has 0 aliphatic heterocycles. The van der Waals surface area contributed by atoms with Gasteiger partial charge in [0.15, 0.2) is 0 Å². The highest BCUT2D eigenvalue weighted by Gasteiger charge is 2.35. The molecule has 19 heavy (non-hydrogen) atoms. The van der Waals surface area contributed by atoms with Gasteiger partial charge in [0.1, 0.15) is 0 Å². The number of nitrogens with two attached hydrogens (primary N) is 1. The first-order chi connectivity index (χ1) is 9.29. The monoisotopic (exact) mass is 276 g/mol. The van der Waals surface area contributed by atoms with Crippen LogP contribution in [0.25, 0.3) is 0 Å². The summed E-state index contributed by atoms with van der Waals surface area (Å²) in [6.07, 6.45) is 6.38. The van der Waals surface area contributed by atoms with Gasteiger partial charge in [0.25, 0.3) is 0 Å². The minimum absolute atomic E-state index is 0.264. The van der Waals surface area contributed by atoms with Gasteiger partial charge in [-0.05, 0) is 35.2 Å². The maximum absolute atomic E-state index is 6.05. The van der Waals surface area contributed by atoms with Crippen molar-refractivity contribution in [2.45, 2.75) is 31.5 Å². The lowest BCUT2D eigenvalue weighted by Crippen LogP contribution is -2.36. The lowest BCUT2D eigenvalue weighted by molar-refractivity contribution is 0.176. The minimum Gasteiger partial charge on any atom is -0.336 e. The Kier molecular flexibility index (Phi) is 3.68. The molecule has 5 heteroatoms. The van der Waals surface area contributed by atoms with E-state index < -0.39 is 0 Å². The van der Waals surface area contributed by atoms with Crippen molar-refractivity contribution in [3.63, 3.8) is 0 Å². The molecule has 2 heterocycles. The molecule has 0 amide bonds. The van der Waals surface area contributed by atoms with E-state index in [0.717, 1.165) is 6.54 Å². The van der Waals surface area contributed by atoms with Crippen molar-refractivity contribution in [1.82, 2.24) is 14.5 Å². The summed E-state index contributed by atoms with van der Waals surface area (Å²) in [6.45, 7) is 1.63. The Morgan fingerprint density at radius 3 is 2.95 bits per heavy atom. The largest absolute Gasteiger partial charge is 0.336 e. The number of hydrogen-bond donors (Lipinski definition) is 1. The molecule has 0 aromatic carbocycles. The summed E-state index contributed by atoms with van der Waals surface area (Å²) in [7, 11) is 2.04. The molecule has 1 aliphatic rings. The van der Waals surface area contributed by atoms with Gasteiger partial charge in [-0.3, -0.25) is 4.90 Å². The molecule has 102 valence electrons. The first kappa shape index (κ1) is 12.8. The zero-order chi connectivity index (χ0) is 13.2. The second-order valence-electron chi connectivity index (χ2n) is 5.22.